The Balaban J connectivity index is 1.20. The summed E-state index contributed by atoms with van der Waals surface area (Å²) in [6.45, 7) is 3.09. The first-order valence-electron chi connectivity index (χ1n) is 11.7. The molecule has 5 rings (SSSR count). The van der Waals surface area contributed by atoms with E-state index in [-0.39, 0.29) is 18.4 Å². The van der Waals surface area contributed by atoms with Gasteiger partial charge >= 0.3 is 0 Å². The Morgan fingerprint density at radius 3 is 2.40 bits per heavy atom. The largest absolute Gasteiger partial charge is 0.467 e. The maximum atomic E-state index is 12.9. The minimum atomic E-state index is -0.282. The Bertz CT molecular complexity index is 1310. The van der Waals surface area contributed by atoms with Crippen molar-refractivity contribution in [1.82, 2.24) is 10.2 Å². The number of benzene rings is 3. The van der Waals surface area contributed by atoms with Crippen LogP contribution in [0.3, 0.4) is 0 Å². The number of hydrogen-bond acceptors (Lipinski definition) is 4. The molecular formula is C29H27N3O3. The van der Waals surface area contributed by atoms with Gasteiger partial charge in [0, 0.05) is 25.2 Å². The van der Waals surface area contributed by atoms with E-state index in [1.165, 1.54) is 16.7 Å². The quantitative estimate of drug-likeness (QED) is 0.402. The number of para-hydroxylation sites is 1. The molecule has 1 aromatic heterocycles. The zero-order valence-corrected chi connectivity index (χ0v) is 19.4. The molecule has 0 radical (unpaired) electrons. The zero-order chi connectivity index (χ0) is 24.0. The molecule has 35 heavy (non-hydrogen) atoms. The lowest BCUT2D eigenvalue weighted by Gasteiger charge is -2.28. The van der Waals surface area contributed by atoms with Crippen LogP contribution in [0.2, 0.25) is 0 Å². The number of fused-ring (bicyclic) bond motifs is 1. The molecule has 1 aliphatic heterocycles. The van der Waals surface area contributed by atoms with E-state index in [1.54, 1.807) is 42.7 Å². The van der Waals surface area contributed by atoms with E-state index >= 15 is 0 Å². The number of nitrogens with one attached hydrogen (secondary N) is 2. The molecule has 0 fully saturated rings. The fourth-order valence-corrected chi connectivity index (χ4v) is 4.37. The standard InChI is InChI=1S/C29H27N3O3/c33-28(31-27-10-4-3-9-26(27)29(34)30-18-25-8-5-17-35-25)23-13-11-21(12-14-23)19-32-16-15-22-6-1-2-7-24(22)20-32/h1-14,17H,15-16,18-20H2,(H,30,34)(H,31,33). The van der Waals surface area contributed by atoms with E-state index in [0.717, 1.165) is 26.1 Å². The third-order valence-corrected chi connectivity index (χ3v) is 6.26. The highest BCUT2D eigenvalue weighted by Gasteiger charge is 2.17. The van der Waals surface area contributed by atoms with Crippen molar-refractivity contribution >= 4 is 17.5 Å². The van der Waals surface area contributed by atoms with E-state index < -0.39 is 0 Å². The van der Waals surface area contributed by atoms with Crippen LogP contribution in [0.5, 0.6) is 0 Å². The number of nitrogens with zero attached hydrogens (tertiary/aromatic N) is 1. The first-order valence-corrected chi connectivity index (χ1v) is 11.7. The summed E-state index contributed by atoms with van der Waals surface area (Å²) >= 11 is 0. The van der Waals surface area contributed by atoms with Crippen LogP contribution in [-0.2, 0) is 26.1 Å². The zero-order valence-electron chi connectivity index (χ0n) is 19.4. The van der Waals surface area contributed by atoms with Gasteiger partial charge in [-0.1, -0.05) is 48.5 Å². The third-order valence-electron chi connectivity index (χ3n) is 6.26. The van der Waals surface area contributed by atoms with Crippen molar-refractivity contribution in [1.29, 1.82) is 0 Å². The Hall–Kier alpha value is -4.16. The summed E-state index contributed by atoms with van der Waals surface area (Å²) in [4.78, 5) is 28.0. The lowest BCUT2D eigenvalue weighted by molar-refractivity contribution is 0.0949. The van der Waals surface area contributed by atoms with Crippen LogP contribution in [0.15, 0.2) is 95.6 Å². The maximum Gasteiger partial charge on any atom is 0.255 e. The van der Waals surface area contributed by atoms with Gasteiger partial charge < -0.3 is 15.1 Å². The summed E-state index contributed by atoms with van der Waals surface area (Å²) in [6, 6.07) is 26.8. The summed E-state index contributed by atoms with van der Waals surface area (Å²) in [5.74, 6) is 0.124. The predicted octanol–water partition coefficient (Wildman–Crippen LogP) is 5.02. The summed E-state index contributed by atoms with van der Waals surface area (Å²) in [5, 5.41) is 5.70. The first-order chi connectivity index (χ1) is 17.2. The van der Waals surface area contributed by atoms with Gasteiger partial charge in [0.05, 0.1) is 24.1 Å². The van der Waals surface area contributed by atoms with Gasteiger partial charge in [-0.05, 0) is 59.5 Å². The predicted molar refractivity (Wildman–Crippen MR) is 135 cm³/mol. The van der Waals surface area contributed by atoms with Crippen molar-refractivity contribution in [3.8, 4) is 0 Å². The van der Waals surface area contributed by atoms with Gasteiger partial charge in [-0.25, -0.2) is 0 Å². The van der Waals surface area contributed by atoms with Crippen LogP contribution in [0.25, 0.3) is 0 Å². The monoisotopic (exact) mass is 465 g/mol. The van der Waals surface area contributed by atoms with E-state index in [0.29, 0.717) is 22.6 Å². The summed E-state index contributed by atoms with van der Waals surface area (Å²) < 4.78 is 5.26. The van der Waals surface area contributed by atoms with Crippen LogP contribution in [0, 0.1) is 0 Å². The molecule has 0 aliphatic carbocycles. The highest BCUT2D eigenvalue weighted by molar-refractivity contribution is 6.09. The Morgan fingerprint density at radius 1 is 0.829 bits per heavy atom. The number of hydrogen-bond donors (Lipinski definition) is 2. The second-order valence-electron chi connectivity index (χ2n) is 8.69. The minimum Gasteiger partial charge on any atom is -0.467 e. The molecular weight excluding hydrogens is 438 g/mol. The van der Waals surface area contributed by atoms with Gasteiger partial charge in [0.25, 0.3) is 11.8 Å². The van der Waals surface area contributed by atoms with E-state index in [2.05, 4.69) is 39.8 Å². The van der Waals surface area contributed by atoms with Gasteiger partial charge in [0.1, 0.15) is 5.76 Å². The molecule has 176 valence electrons. The molecule has 4 aromatic rings. The van der Waals surface area contributed by atoms with Gasteiger partial charge in [-0.3, -0.25) is 14.5 Å². The average molecular weight is 466 g/mol. The lowest BCUT2D eigenvalue weighted by Crippen LogP contribution is -2.30. The fraction of sp³-hybridized carbons (Fsp3) is 0.172. The summed E-state index contributed by atoms with van der Waals surface area (Å²) in [7, 11) is 0. The highest BCUT2D eigenvalue weighted by atomic mass is 16.3. The molecule has 6 heteroatoms. The molecule has 0 spiro atoms. The molecule has 0 saturated heterocycles. The number of furan rings is 1. The molecule has 0 unspecified atom stereocenters. The first kappa shape index (κ1) is 22.6. The molecule has 1 aliphatic rings. The molecule has 3 aromatic carbocycles. The number of amides is 2. The van der Waals surface area contributed by atoms with Crippen LogP contribution in [0.1, 0.15) is 43.2 Å². The molecule has 0 bridgehead atoms. The molecule has 0 saturated carbocycles. The molecule has 0 atom stereocenters. The number of carbonyl (C=O) groups excluding carboxylic acids is 2. The van der Waals surface area contributed by atoms with Crippen molar-refractivity contribution in [3.63, 3.8) is 0 Å². The SMILES string of the molecule is O=C(Nc1ccccc1C(=O)NCc1ccco1)c1ccc(CN2CCc3ccccc3C2)cc1. The number of carbonyl (C=O) groups is 2. The Morgan fingerprint density at radius 2 is 1.60 bits per heavy atom. The van der Waals surface area contributed by atoms with Gasteiger partial charge in [0.2, 0.25) is 0 Å². The second-order valence-corrected chi connectivity index (χ2v) is 8.69. The maximum absolute atomic E-state index is 12.9. The van der Waals surface area contributed by atoms with E-state index in [9.17, 15) is 9.59 Å². The smallest absolute Gasteiger partial charge is 0.255 e. The van der Waals surface area contributed by atoms with Crippen LogP contribution < -0.4 is 10.6 Å². The average Bonchev–Trinajstić information content (AvgIpc) is 3.42. The number of rotatable bonds is 7. The second kappa shape index (κ2) is 10.4. The Labute approximate surface area is 204 Å². The van der Waals surface area contributed by atoms with Crippen molar-refractivity contribution in [2.75, 3.05) is 11.9 Å². The third kappa shape index (κ3) is 5.50. The lowest BCUT2D eigenvalue weighted by atomic mass is 9.99. The molecule has 2 amide bonds. The van der Waals surface area contributed by atoms with Crippen LogP contribution >= 0.6 is 0 Å². The van der Waals surface area contributed by atoms with E-state index in [1.807, 2.05) is 24.3 Å². The van der Waals surface area contributed by atoms with Gasteiger partial charge in [-0.2, -0.15) is 0 Å². The van der Waals surface area contributed by atoms with Crippen molar-refractivity contribution in [3.05, 3.63) is 125 Å². The minimum absolute atomic E-state index is 0.255. The van der Waals surface area contributed by atoms with Crippen molar-refractivity contribution in [2.24, 2.45) is 0 Å². The Kier molecular flexibility index (Phi) is 6.73. The topological polar surface area (TPSA) is 74.6 Å². The molecule has 6 nitrogen and oxygen atoms in total. The normalized spacial score (nSPS) is 13.1. The van der Waals surface area contributed by atoms with Crippen molar-refractivity contribution in [2.45, 2.75) is 26.1 Å². The fourth-order valence-electron chi connectivity index (χ4n) is 4.37. The van der Waals surface area contributed by atoms with Gasteiger partial charge in [-0.15, -0.1) is 0 Å². The number of anilines is 1. The van der Waals surface area contributed by atoms with Crippen molar-refractivity contribution < 1.29 is 14.0 Å². The van der Waals surface area contributed by atoms with Gasteiger partial charge in [0.15, 0.2) is 0 Å². The van der Waals surface area contributed by atoms with Crippen LogP contribution in [-0.4, -0.2) is 23.3 Å². The summed E-state index contributed by atoms with van der Waals surface area (Å²) in [6.07, 6.45) is 2.62. The van der Waals surface area contributed by atoms with Crippen LogP contribution in [0.4, 0.5) is 5.69 Å². The van der Waals surface area contributed by atoms with E-state index in [4.69, 9.17) is 4.42 Å². The summed E-state index contributed by atoms with van der Waals surface area (Å²) in [5.41, 5.74) is 5.40. The molecule has 2 N–H and O–H groups in total. The molecule has 2 heterocycles. The highest BCUT2D eigenvalue weighted by Crippen LogP contribution is 2.21.